The number of phenols is 1. The highest BCUT2D eigenvalue weighted by Gasteiger charge is 2.16. The van der Waals surface area contributed by atoms with Crippen LogP contribution in [0.5, 0.6) is 5.75 Å². The molecule has 0 unspecified atom stereocenters. The molecular weight excluding hydrogens is 394 g/mol. The van der Waals surface area contributed by atoms with Gasteiger partial charge in [-0.25, -0.2) is 4.39 Å². The number of rotatable bonds is 3. The molecule has 0 spiro atoms. The van der Waals surface area contributed by atoms with Crippen LogP contribution in [0, 0.1) is 19.5 Å². The molecule has 0 aromatic heterocycles. The number of carbonyl (C=O) groups is 1. The van der Waals surface area contributed by atoms with Gasteiger partial charge in [0, 0.05) is 15.2 Å². The first-order valence-corrected chi connectivity index (χ1v) is 6.70. The summed E-state index contributed by atoms with van der Waals surface area (Å²) in [6.07, 6.45) is 0. The van der Waals surface area contributed by atoms with Crippen molar-refractivity contribution in [2.24, 2.45) is 0 Å². The predicted octanol–water partition coefficient (Wildman–Crippen LogP) is 3.30. The molecule has 0 heterocycles. The minimum absolute atomic E-state index is 0.0539. The smallest absolute Gasteiger partial charge is 0.310 e. The number of nitrogens with one attached hydrogen (secondary N) is 1. The molecule has 108 valence electrons. The molecule has 0 aliphatic carbocycles. The fourth-order valence-electron chi connectivity index (χ4n) is 1.60. The number of nitro benzene ring substituents is 1. The van der Waals surface area contributed by atoms with Crippen molar-refractivity contribution in [1.82, 2.24) is 0 Å². The number of halogens is 2. The summed E-state index contributed by atoms with van der Waals surface area (Å²) in [6, 6.07) is 7.13. The van der Waals surface area contributed by atoms with Crippen LogP contribution >= 0.6 is 22.6 Å². The van der Waals surface area contributed by atoms with Gasteiger partial charge in [0.15, 0.2) is 5.75 Å². The lowest BCUT2D eigenvalue weighted by molar-refractivity contribution is -0.385. The molecule has 2 aromatic carbocycles. The van der Waals surface area contributed by atoms with Crippen LogP contribution in [0.4, 0.5) is 15.8 Å². The third kappa shape index (κ3) is 3.45. The van der Waals surface area contributed by atoms with E-state index in [1.165, 1.54) is 24.3 Å². The Balaban J connectivity index is 2.24. The van der Waals surface area contributed by atoms with Crippen LogP contribution in [0.2, 0.25) is 0 Å². The molecule has 6 nitrogen and oxygen atoms in total. The molecular formula is C13H8FIN2O4. The van der Waals surface area contributed by atoms with Crippen LogP contribution in [0.25, 0.3) is 0 Å². The first kappa shape index (κ1) is 15.2. The molecule has 1 amide bonds. The van der Waals surface area contributed by atoms with Crippen molar-refractivity contribution in [2.45, 2.75) is 0 Å². The number of nitro groups is 1. The van der Waals surface area contributed by atoms with Crippen LogP contribution in [0.3, 0.4) is 0 Å². The number of aromatic hydroxyl groups is 1. The molecule has 8 heteroatoms. The Morgan fingerprint density at radius 3 is 2.57 bits per heavy atom. The van der Waals surface area contributed by atoms with E-state index in [1.54, 1.807) is 0 Å². The van der Waals surface area contributed by atoms with E-state index in [9.17, 15) is 24.4 Å². The van der Waals surface area contributed by atoms with Gasteiger partial charge in [-0.1, -0.05) is 0 Å². The third-order valence-electron chi connectivity index (χ3n) is 2.61. The van der Waals surface area contributed by atoms with Gasteiger partial charge in [-0.15, -0.1) is 0 Å². The summed E-state index contributed by atoms with van der Waals surface area (Å²) >= 11 is 1.87. The van der Waals surface area contributed by atoms with E-state index >= 15 is 0 Å². The van der Waals surface area contributed by atoms with Crippen LogP contribution in [0.15, 0.2) is 36.4 Å². The summed E-state index contributed by atoms with van der Waals surface area (Å²) in [4.78, 5) is 21.8. The minimum Gasteiger partial charge on any atom is -0.502 e. The lowest BCUT2D eigenvalue weighted by Crippen LogP contribution is -2.13. The number of hydrogen-bond acceptors (Lipinski definition) is 4. The standard InChI is InChI=1S/C13H8FIN2O4/c14-8-2-3-10(9(15)6-8)16-13(19)7-1-4-11(17(20)21)12(18)5-7/h1-6,18H,(H,16,19). The number of benzene rings is 2. The second kappa shape index (κ2) is 6.04. The summed E-state index contributed by atoms with van der Waals surface area (Å²) in [5, 5.41) is 22.6. The molecule has 2 aromatic rings. The SMILES string of the molecule is O=C(Nc1ccc(F)cc1I)c1ccc([N+](=O)[O-])c(O)c1. The summed E-state index contributed by atoms with van der Waals surface area (Å²) in [7, 11) is 0. The van der Waals surface area contributed by atoms with E-state index < -0.39 is 28.1 Å². The second-order valence-corrected chi connectivity index (χ2v) is 5.20. The number of nitrogens with zero attached hydrogens (tertiary/aromatic N) is 1. The van der Waals surface area contributed by atoms with Crippen molar-refractivity contribution < 1.29 is 19.2 Å². The monoisotopic (exact) mass is 402 g/mol. The molecule has 0 aliphatic heterocycles. The van der Waals surface area contributed by atoms with Crippen molar-refractivity contribution >= 4 is 39.9 Å². The zero-order valence-electron chi connectivity index (χ0n) is 10.3. The lowest BCUT2D eigenvalue weighted by Gasteiger charge is -2.08. The summed E-state index contributed by atoms with van der Waals surface area (Å²) in [5.41, 5.74) is -0.0269. The highest BCUT2D eigenvalue weighted by molar-refractivity contribution is 14.1. The van der Waals surface area contributed by atoms with Gasteiger partial charge < -0.3 is 10.4 Å². The quantitative estimate of drug-likeness (QED) is 0.468. The van der Waals surface area contributed by atoms with Gasteiger partial charge >= 0.3 is 5.69 Å². The Morgan fingerprint density at radius 2 is 2.00 bits per heavy atom. The molecule has 0 atom stereocenters. The summed E-state index contributed by atoms with van der Waals surface area (Å²) in [6.45, 7) is 0. The summed E-state index contributed by atoms with van der Waals surface area (Å²) < 4.78 is 13.5. The fraction of sp³-hybridized carbons (Fsp3) is 0. The summed E-state index contributed by atoms with van der Waals surface area (Å²) in [5.74, 6) is -1.59. The first-order chi connectivity index (χ1) is 9.88. The fourth-order valence-corrected chi connectivity index (χ4v) is 2.22. The zero-order chi connectivity index (χ0) is 15.6. The maximum absolute atomic E-state index is 13.0. The molecule has 2 N–H and O–H groups in total. The Kier molecular flexibility index (Phi) is 4.36. The highest BCUT2D eigenvalue weighted by atomic mass is 127. The predicted molar refractivity (Wildman–Crippen MR) is 81.8 cm³/mol. The minimum atomic E-state index is -0.750. The number of amides is 1. The van der Waals surface area contributed by atoms with Crippen molar-refractivity contribution in [1.29, 1.82) is 0 Å². The largest absolute Gasteiger partial charge is 0.502 e. The number of carbonyl (C=O) groups excluding carboxylic acids is 1. The Labute approximate surface area is 131 Å². The van der Waals surface area contributed by atoms with E-state index in [4.69, 9.17) is 0 Å². The maximum Gasteiger partial charge on any atom is 0.310 e. The first-order valence-electron chi connectivity index (χ1n) is 5.62. The molecule has 0 saturated heterocycles. The van der Waals surface area contributed by atoms with Crippen LogP contribution in [-0.2, 0) is 0 Å². The molecule has 0 bridgehead atoms. The van der Waals surface area contributed by atoms with Gasteiger partial charge in [0.1, 0.15) is 5.82 Å². The average Bonchev–Trinajstić information content (AvgIpc) is 2.41. The van der Waals surface area contributed by atoms with Crippen LogP contribution < -0.4 is 5.32 Å². The van der Waals surface area contributed by atoms with Crippen molar-refractivity contribution in [3.8, 4) is 5.75 Å². The maximum atomic E-state index is 13.0. The van der Waals surface area contributed by atoms with Crippen LogP contribution in [0.1, 0.15) is 10.4 Å². The molecule has 0 fully saturated rings. The van der Waals surface area contributed by atoms with Gasteiger partial charge in [-0.2, -0.15) is 0 Å². The van der Waals surface area contributed by atoms with Crippen molar-refractivity contribution in [2.75, 3.05) is 5.32 Å². The highest BCUT2D eigenvalue weighted by Crippen LogP contribution is 2.27. The molecule has 0 saturated carbocycles. The lowest BCUT2D eigenvalue weighted by atomic mass is 10.1. The van der Waals surface area contributed by atoms with Gasteiger partial charge in [-0.3, -0.25) is 14.9 Å². The molecule has 2 rings (SSSR count). The van der Waals surface area contributed by atoms with E-state index in [2.05, 4.69) is 5.32 Å². The normalized spacial score (nSPS) is 10.2. The van der Waals surface area contributed by atoms with Gasteiger partial charge in [0.2, 0.25) is 0 Å². The van der Waals surface area contributed by atoms with Crippen LogP contribution in [-0.4, -0.2) is 15.9 Å². The Bertz CT molecular complexity index is 736. The van der Waals surface area contributed by atoms with E-state index in [-0.39, 0.29) is 5.56 Å². The van der Waals surface area contributed by atoms with E-state index in [0.717, 1.165) is 12.1 Å². The topological polar surface area (TPSA) is 92.5 Å². The third-order valence-corrected chi connectivity index (χ3v) is 3.51. The second-order valence-electron chi connectivity index (χ2n) is 4.04. The Morgan fingerprint density at radius 1 is 1.29 bits per heavy atom. The van der Waals surface area contributed by atoms with E-state index in [1.807, 2.05) is 22.6 Å². The number of hydrogen-bond donors (Lipinski definition) is 2. The Hall–Kier alpha value is -2.23. The van der Waals surface area contributed by atoms with Gasteiger partial charge in [-0.05, 0) is 52.9 Å². The molecule has 0 aliphatic rings. The molecule has 21 heavy (non-hydrogen) atoms. The number of phenolic OH excluding ortho intramolecular Hbond substituents is 1. The van der Waals surface area contributed by atoms with Crippen molar-refractivity contribution in [3.63, 3.8) is 0 Å². The van der Waals surface area contributed by atoms with Gasteiger partial charge in [0.05, 0.1) is 10.6 Å². The van der Waals surface area contributed by atoms with Gasteiger partial charge in [0.25, 0.3) is 5.91 Å². The molecule has 0 radical (unpaired) electrons. The zero-order valence-corrected chi connectivity index (χ0v) is 12.5. The average molecular weight is 402 g/mol. The number of anilines is 1. The van der Waals surface area contributed by atoms with E-state index in [0.29, 0.717) is 9.26 Å². The van der Waals surface area contributed by atoms with Crippen molar-refractivity contribution in [3.05, 3.63) is 61.5 Å².